The molecule has 0 fully saturated rings. The fraction of sp³-hybridized carbons (Fsp3) is 0.381. The van der Waals surface area contributed by atoms with Gasteiger partial charge in [0.05, 0.1) is 13.7 Å². The van der Waals surface area contributed by atoms with Crippen molar-refractivity contribution >= 4 is 29.9 Å². The molecule has 1 atom stereocenters. The van der Waals surface area contributed by atoms with Gasteiger partial charge in [0.15, 0.2) is 5.96 Å². The minimum Gasteiger partial charge on any atom is -0.497 e. The SMILES string of the molecule is CCNC(=NCc1cccc(OC)c1)NCC(O)COc1cccc(C)c1.I. The van der Waals surface area contributed by atoms with Crippen LogP contribution in [0, 0.1) is 6.92 Å². The summed E-state index contributed by atoms with van der Waals surface area (Å²) < 4.78 is 10.9. The summed E-state index contributed by atoms with van der Waals surface area (Å²) in [5, 5.41) is 16.5. The summed E-state index contributed by atoms with van der Waals surface area (Å²) in [5.74, 6) is 2.21. The van der Waals surface area contributed by atoms with Crippen molar-refractivity contribution < 1.29 is 14.6 Å². The highest BCUT2D eigenvalue weighted by molar-refractivity contribution is 14.0. The second-order valence-electron chi connectivity index (χ2n) is 6.21. The first-order valence-electron chi connectivity index (χ1n) is 9.13. The quantitative estimate of drug-likeness (QED) is 0.281. The third kappa shape index (κ3) is 8.79. The minimum absolute atomic E-state index is 0. The Hall–Kier alpha value is -2.00. The van der Waals surface area contributed by atoms with Crippen molar-refractivity contribution in [2.24, 2.45) is 4.99 Å². The van der Waals surface area contributed by atoms with Crippen LogP contribution in [0.2, 0.25) is 0 Å². The maximum atomic E-state index is 10.2. The van der Waals surface area contributed by atoms with Crippen LogP contribution in [0.25, 0.3) is 0 Å². The van der Waals surface area contributed by atoms with E-state index >= 15 is 0 Å². The molecule has 28 heavy (non-hydrogen) atoms. The second-order valence-corrected chi connectivity index (χ2v) is 6.21. The molecule has 0 spiro atoms. The Morgan fingerprint density at radius 1 is 1.11 bits per heavy atom. The summed E-state index contributed by atoms with van der Waals surface area (Å²) in [4.78, 5) is 4.55. The first kappa shape index (κ1) is 24.0. The van der Waals surface area contributed by atoms with E-state index in [4.69, 9.17) is 9.47 Å². The molecule has 0 radical (unpaired) electrons. The maximum Gasteiger partial charge on any atom is 0.191 e. The van der Waals surface area contributed by atoms with Crippen molar-refractivity contribution in [3.05, 3.63) is 59.7 Å². The predicted octanol–water partition coefficient (Wildman–Crippen LogP) is 3.12. The van der Waals surface area contributed by atoms with Gasteiger partial charge in [0, 0.05) is 13.1 Å². The summed E-state index contributed by atoms with van der Waals surface area (Å²) in [5.41, 5.74) is 2.18. The summed E-state index contributed by atoms with van der Waals surface area (Å²) in [6.45, 7) is 5.82. The molecule has 0 saturated heterocycles. The van der Waals surface area contributed by atoms with Crippen LogP contribution < -0.4 is 20.1 Å². The number of ether oxygens (including phenoxy) is 2. The van der Waals surface area contributed by atoms with E-state index in [1.165, 1.54) is 0 Å². The third-order valence-electron chi connectivity index (χ3n) is 3.84. The number of benzene rings is 2. The molecule has 154 valence electrons. The minimum atomic E-state index is -0.647. The Morgan fingerprint density at radius 3 is 2.57 bits per heavy atom. The Balaban J connectivity index is 0.00000392. The number of aryl methyl sites for hydroxylation is 1. The van der Waals surface area contributed by atoms with E-state index in [1.54, 1.807) is 7.11 Å². The zero-order chi connectivity index (χ0) is 19.5. The largest absolute Gasteiger partial charge is 0.497 e. The number of aliphatic hydroxyl groups is 1. The first-order chi connectivity index (χ1) is 13.1. The summed E-state index contributed by atoms with van der Waals surface area (Å²) in [7, 11) is 1.65. The molecular weight excluding hydrogens is 469 g/mol. The number of halogens is 1. The van der Waals surface area contributed by atoms with Crippen LogP contribution in [-0.4, -0.2) is 44.0 Å². The van der Waals surface area contributed by atoms with Gasteiger partial charge in [-0.25, -0.2) is 4.99 Å². The van der Waals surface area contributed by atoms with Crippen LogP contribution in [0.15, 0.2) is 53.5 Å². The Morgan fingerprint density at radius 2 is 1.86 bits per heavy atom. The van der Waals surface area contributed by atoms with Crippen molar-refractivity contribution in [3.63, 3.8) is 0 Å². The summed E-state index contributed by atoms with van der Waals surface area (Å²) in [6, 6.07) is 15.6. The fourth-order valence-corrected chi connectivity index (χ4v) is 2.45. The van der Waals surface area contributed by atoms with Crippen molar-refractivity contribution in [2.45, 2.75) is 26.5 Å². The Labute approximate surface area is 184 Å². The smallest absolute Gasteiger partial charge is 0.191 e. The number of methoxy groups -OCH3 is 1. The first-order valence-corrected chi connectivity index (χ1v) is 9.13. The number of hydrogen-bond acceptors (Lipinski definition) is 4. The van der Waals surface area contributed by atoms with Gasteiger partial charge in [0.2, 0.25) is 0 Å². The molecule has 0 aliphatic heterocycles. The average Bonchev–Trinajstić information content (AvgIpc) is 2.68. The standard InChI is InChI=1S/C21H29N3O3.HI/c1-4-22-21(23-13-17-8-6-9-19(12-17)26-3)24-14-18(25)15-27-20-10-5-7-16(2)11-20;/h5-12,18,25H,4,13-15H2,1-3H3,(H2,22,23,24);1H. The van der Waals surface area contributed by atoms with Crippen LogP contribution in [0.3, 0.4) is 0 Å². The normalized spacial score (nSPS) is 11.9. The van der Waals surface area contributed by atoms with E-state index in [0.29, 0.717) is 19.0 Å². The Kier molecular flexibility index (Phi) is 11.4. The van der Waals surface area contributed by atoms with E-state index < -0.39 is 6.10 Å². The van der Waals surface area contributed by atoms with Crippen LogP contribution in [0.4, 0.5) is 0 Å². The lowest BCUT2D eigenvalue weighted by Gasteiger charge is -2.16. The second kappa shape index (κ2) is 13.2. The van der Waals surface area contributed by atoms with Crippen LogP contribution in [-0.2, 0) is 6.54 Å². The lowest BCUT2D eigenvalue weighted by atomic mass is 10.2. The van der Waals surface area contributed by atoms with Crippen molar-refractivity contribution in [3.8, 4) is 11.5 Å². The number of guanidine groups is 1. The highest BCUT2D eigenvalue weighted by Crippen LogP contribution is 2.13. The topological polar surface area (TPSA) is 75.1 Å². The molecule has 0 amide bonds. The van der Waals surface area contributed by atoms with E-state index in [9.17, 15) is 5.11 Å². The van der Waals surface area contributed by atoms with Gasteiger partial charge in [-0.2, -0.15) is 0 Å². The molecule has 0 heterocycles. The molecule has 1 unspecified atom stereocenters. The molecule has 2 rings (SSSR count). The number of aliphatic hydroxyl groups excluding tert-OH is 1. The van der Waals surface area contributed by atoms with E-state index in [0.717, 1.165) is 29.2 Å². The van der Waals surface area contributed by atoms with Gasteiger partial charge in [0.1, 0.15) is 24.2 Å². The average molecular weight is 499 g/mol. The molecule has 0 aromatic heterocycles. The highest BCUT2D eigenvalue weighted by Gasteiger charge is 2.07. The van der Waals surface area contributed by atoms with Gasteiger partial charge in [0.25, 0.3) is 0 Å². The predicted molar refractivity (Wildman–Crippen MR) is 124 cm³/mol. The van der Waals surface area contributed by atoms with Crippen LogP contribution in [0.5, 0.6) is 11.5 Å². The molecule has 2 aromatic carbocycles. The van der Waals surface area contributed by atoms with Crippen LogP contribution >= 0.6 is 24.0 Å². The zero-order valence-electron chi connectivity index (χ0n) is 16.6. The number of aliphatic imine (C=N–C) groups is 1. The molecule has 3 N–H and O–H groups in total. The number of nitrogens with zero attached hydrogens (tertiary/aromatic N) is 1. The molecule has 0 aliphatic rings. The van der Waals surface area contributed by atoms with Crippen molar-refractivity contribution in [1.82, 2.24) is 10.6 Å². The maximum absolute atomic E-state index is 10.2. The highest BCUT2D eigenvalue weighted by atomic mass is 127. The third-order valence-corrected chi connectivity index (χ3v) is 3.84. The lowest BCUT2D eigenvalue weighted by molar-refractivity contribution is 0.110. The monoisotopic (exact) mass is 499 g/mol. The summed E-state index contributed by atoms with van der Waals surface area (Å²) >= 11 is 0. The van der Waals surface area contributed by atoms with Gasteiger partial charge >= 0.3 is 0 Å². The molecular formula is C21H30IN3O3. The van der Waals surface area contributed by atoms with Gasteiger partial charge in [-0.15, -0.1) is 24.0 Å². The van der Waals surface area contributed by atoms with E-state index in [1.807, 2.05) is 62.4 Å². The molecule has 0 aliphatic carbocycles. The molecule has 0 saturated carbocycles. The molecule has 6 nitrogen and oxygen atoms in total. The van der Waals surface area contributed by atoms with Crippen LogP contribution in [0.1, 0.15) is 18.1 Å². The van der Waals surface area contributed by atoms with E-state index in [-0.39, 0.29) is 30.6 Å². The molecule has 2 aromatic rings. The summed E-state index contributed by atoms with van der Waals surface area (Å²) in [6.07, 6.45) is -0.647. The van der Waals surface area contributed by atoms with Gasteiger partial charge in [-0.1, -0.05) is 24.3 Å². The van der Waals surface area contributed by atoms with Crippen molar-refractivity contribution in [1.29, 1.82) is 0 Å². The molecule has 7 heteroatoms. The lowest BCUT2D eigenvalue weighted by Crippen LogP contribution is -2.42. The fourth-order valence-electron chi connectivity index (χ4n) is 2.45. The van der Waals surface area contributed by atoms with Gasteiger partial charge in [-0.3, -0.25) is 0 Å². The van der Waals surface area contributed by atoms with E-state index in [2.05, 4.69) is 15.6 Å². The number of hydrogen-bond donors (Lipinski definition) is 3. The zero-order valence-corrected chi connectivity index (χ0v) is 19.0. The van der Waals surface area contributed by atoms with Gasteiger partial charge in [-0.05, 0) is 49.2 Å². The molecule has 0 bridgehead atoms. The van der Waals surface area contributed by atoms with Crippen molar-refractivity contribution in [2.75, 3.05) is 26.8 Å². The Bertz CT molecular complexity index is 740. The number of rotatable bonds is 9. The number of nitrogens with one attached hydrogen (secondary N) is 2. The van der Waals surface area contributed by atoms with Gasteiger partial charge < -0.3 is 25.2 Å².